The highest BCUT2D eigenvalue weighted by atomic mass is 32.2. The number of hydrogen-bond donors (Lipinski definition) is 1. The number of rotatable bonds is 5. The van der Waals surface area contributed by atoms with E-state index in [1.807, 2.05) is 25.2 Å². The topological polar surface area (TPSA) is 21.3 Å². The van der Waals surface area contributed by atoms with E-state index in [4.69, 9.17) is 4.74 Å². The fourth-order valence-corrected chi connectivity index (χ4v) is 3.12. The van der Waals surface area contributed by atoms with Crippen molar-refractivity contribution in [2.75, 3.05) is 13.3 Å². The van der Waals surface area contributed by atoms with Gasteiger partial charge in [-0.2, -0.15) is 0 Å². The zero-order valence-electron chi connectivity index (χ0n) is 12.5. The predicted octanol–water partition coefficient (Wildman–Crippen LogP) is 4.54. The molecule has 0 atom stereocenters. The van der Waals surface area contributed by atoms with E-state index in [-0.39, 0.29) is 0 Å². The quantitative estimate of drug-likeness (QED) is 0.816. The Kier molecular flexibility index (Phi) is 5.10. The van der Waals surface area contributed by atoms with E-state index < -0.39 is 0 Å². The van der Waals surface area contributed by atoms with Crippen LogP contribution in [-0.4, -0.2) is 13.3 Å². The van der Waals surface area contributed by atoms with Crippen LogP contribution in [0.15, 0.2) is 41.3 Å². The molecule has 2 nitrogen and oxygen atoms in total. The second-order valence-electron chi connectivity index (χ2n) is 4.83. The van der Waals surface area contributed by atoms with Gasteiger partial charge in [0.2, 0.25) is 0 Å². The first-order valence-electron chi connectivity index (χ1n) is 6.71. The molecule has 0 bridgehead atoms. The van der Waals surface area contributed by atoms with Crippen LogP contribution in [0.1, 0.15) is 16.7 Å². The average Bonchev–Trinajstić information content (AvgIpc) is 2.41. The Labute approximate surface area is 125 Å². The first-order chi connectivity index (χ1) is 9.65. The Morgan fingerprint density at radius 3 is 2.35 bits per heavy atom. The number of hydrogen-bond acceptors (Lipinski definition) is 3. The summed E-state index contributed by atoms with van der Waals surface area (Å²) in [6.45, 7) is 5.06. The van der Waals surface area contributed by atoms with Crippen molar-refractivity contribution < 1.29 is 4.74 Å². The molecule has 0 saturated heterocycles. The molecule has 0 aliphatic carbocycles. The molecule has 0 amide bonds. The Bertz CT molecular complexity index is 572. The van der Waals surface area contributed by atoms with Gasteiger partial charge in [-0.1, -0.05) is 18.2 Å². The highest BCUT2D eigenvalue weighted by molar-refractivity contribution is 7.98. The van der Waals surface area contributed by atoms with Crippen LogP contribution in [0.4, 0.5) is 0 Å². The molecule has 0 spiro atoms. The van der Waals surface area contributed by atoms with Gasteiger partial charge >= 0.3 is 0 Å². The van der Waals surface area contributed by atoms with Gasteiger partial charge in [0.1, 0.15) is 11.5 Å². The van der Waals surface area contributed by atoms with Crippen LogP contribution in [0.3, 0.4) is 0 Å². The van der Waals surface area contributed by atoms with Gasteiger partial charge in [0.05, 0.1) is 0 Å². The smallest absolute Gasteiger partial charge is 0.131 e. The molecular formula is C17H21NOS. The van der Waals surface area contributed by atoms with Gasteiger partial charge in [-0.25, -0.2) is 0 Å². The summed E-state index contributed by atoms with van der Waals surface area (Å²) in [5.74, 6) is 1.82. The van der Waals surface area contributed by atoms with Crippen molar-refractivity contribution in [2.45, 2.75) is 25.3 Å². The Morgan fingerprint density at radius 2 is 1.75 bits per heavy atom. The summed E-state index contributed by atoms with van der Waals surface area (Å²) >= 11 is 1.78. The fourth-order valence-electron chi connectivity index (χ4n) is 2.36. The monoisotopic (exact) mass is 287 g/mol. The highest BCUT2D eigenvalue weighted by Gasteiger charge is 2.08. The minimum absolute atomic E-state index is 0.803. The number of aryl methyl sites for hydroxylation is 2. The van der Waals surface area contributed by atoms with Crippen molar-refractivity contribution in [1.29, 1.82) is 0 Å². The van der Waals surface area contributed by atoms with Crippen molar-refractivity contribution in [3.05, 3.63) is 53.1 Å². The number of para-hydroxylation sites is 1. The van der Waals surface area contributed by atoms with Gasteiger partial charge < -0.3 is 10.1 Å². The van der Waals surface area contributed by atoms with E-state index in [2.05, 4.69) is 43.6 Å². The van der Waals surface area contributed by atoms with Gasteiger partial charge in [-0.15, -0.1) is 11.8 Å². The fraction of sp³-hybridized carbons (Fsp3) is 0.294. The first-order valence-corrected chi connectivity index (χ1v) is 7.93. The van der Waals surface area contributed by atoms with E-state index in [0.717, 1.165) is 18.0 Å². The van der Waals surface area contributed by atoms with Crippen molar-refractivity contribution in [3.63, 3.8) is 0 Å². The molecule has 0 fully saturated rings. The minimum Gasteiger partial charge on any atom is -0.457 e. The summed E-state index contributed by atoms with van der Waals surface area (Å²) in [6, 6.07) is 12.4. The Hall–Kier alpha value is -1.45. The van der Waals surface area contributed by atoms with Crippen molar-refractivity contribution in [3.8, 4) is 11.5 Å². The van der Waals surface area contributed by atoms with Crippen LogP contribution in [0, 0.1) is 13.8 Å². The van der Waals surface area contributed by atoms with Gasteiger partial charge in [0.25, 0.3) is 0 Å². The normalized spacial score (nSPS) is 10.6. The van der Waals surface area contributed by atoms with Crippen LogP contribution >= 0.6 is 11.8 Å². The third kappa shape index (κ3) is 3.35. The molecule has 1 N–H and O–H groups in total. The molecule has 106 valence electrons. The van der Waals surface area contributed by atoms with Gasteiger partial charge in [0, 0.05) is 17.0 Å². The van der Waals surface area contributed by atoms with E-state index in [0.29, 0.717) is 0 Å². The second-order valence-corrected chi connectivity index (χ2v) is 5.65. The van der Waals surface area contributed by atoms with Crippen LogP contribution in [0.2, 0.25) is 0 Å². The zero-order valence-corrected chi connectivity index (χ0v) is 13.3. The Morgan fingerprint density at radius 1 is 1.10 bits per heavy atom. The zero-order chi connectivity index (χ0) is 14.5. The van der Waals surface area contributed by atoms with Crippen molar-refractivity contribution in [1.82, 2.24) is 5.32 Å². The maximum Gasteiger partial charge on any atom is 0.131 e. The van der Waals surface area contributed by atoms with Crippen LogP contribution < -0.4 is 10.1 Å². The molecule has 0 aromatic heterocycles. The molecule has 0 radical (unpaired) electrons. The van der Waals surface area contributed by atoms with E-state index in [1.165, 1.54) is 21.6 Å². The third-order valence-electron chi connectivity index (χ3n) is 3.21. The molecule has 0 aliphatic rings. The van der Waals surface area contributed by atoms with Crippen LogP contribution in [0.25, 0.3) is 0 Å². The van der Waals surface area contributed by atoms with Gasteiger partial charge in [-0.3, -0.25) is 0 Å². The molecule has 0 heterocycles. The molecule has 3 heteroatoms. The minimum atomic E-state index is 0.803. The average molecular weight is 287 g/mol. The lowest BCUT2D eigenvalue weighted by Gasteiger charge is -2.14. The number of ether oxygens (including phenoxy) is 1. The molecule has 2 aromatic carbocycles. The maximum absolute atomic E-state index is 6.07. The van der Waals surface area contributed by atoms with Crippen LogP contribution in [0.5, 0.6) is 11.5 Å². The van der Waals surface area contributed by atoms with Gasteiger partial charge in [0.15, 0.2) is 0 Å². The second kappa shape index (κ2) is 6.82. The highest BCUT2D eigenvalue weighted by Crippen LogP contribution is 2.32. The first kappa shape index (κ1) is 14.9. The summed E-state index contributed by atoms with van der Waals surface area (Å²) in [7, 11) is 1.94. The number of benzene rings is 2. The molecule has 0 aliphatic heterocycles. The summed E-state index contributed by atoms with van der Waals surface area (Å²) in [4.78, 5) is 1.33. The Balaban J connectivity index is 2.31. The van der Waals surface area contributed by atoms with Crippen LogP contribution in [-0.2, 0) is 6.54 Å². The van der Waals surface area contributed by atoms with E-state index in [1.54, 1.807) is 11.8 Å². The SMILES string of the molecule is CNCc1ccccc1Oc1cc(C)c(SC)c(C)c1. The lowest BCUT2D eigenvalue weighted by atomic mass is 10.1. The molecule has 20 heavy (non-hydrogen) atoms. The van der Waals surface area contributed by atoms with Crippen molar-refractivity contribution in [2.24, 2.45) is 0 Å². The lowest BCUT2D eigenvalue weighted by molar-refractivity contribution is 0.473. The molecule has 2 rings (SSSR count). The van der Waals surface area contributed by atoms with E-state index in [9.17, 15) is 0 Å². The third-order valence-corrected chi connectivity index (χ3v) is 4.26. The predicted molar refractivity (Wildman–Crippen MR) is 87.0 cm³/mol. The summed E-state index contributed by atoms with van der Waals surface area (Å²) in [5.41, 5.74) is 3.69. The van der Waals surface area contributed by atoms with E-state index >= 15 is 0 Å². The summed E-state index contributed by atoms with van der Waals surface area (Å²) in [6.07, 6.45) is 2.11. The lowest BCUT2D eigenvalue weighted by Crippen LogP contribution is -2.06. The molecule has 2 aromatic rings. The largest absolute Gasteiger partial charge is 0.457 e. The summed E-state index contributed by atoms with van der Waals surface area (Å²) < 4.78 is 6.07. The molecular weight excluding hydrogens is 266 g/mol. The number of thioether (sulfide) groups is 1. The van der Waals surface area contributed by atoms with Crippen molar-refractivity contribution >= 4 is 11.8 Å². The maximum atomic E-state index is 6.07. The standard InChI is InChI=1S/C17H21NOS/c1-12-9-15(10-13(2)17(12)20-4)19-16-8-6-5-7-14(16)11-18-3/h5-10,18H,11H2,1-4H3. The number of nitrogens with one attached hydrogen (secondary N) is 1. The summed E-state index contributed by atoms with van der Waals surface area (Å²) in [5, 5.41) is 3.17. The molecule has 0 saturated carbocycles. The van der Waals surface area contributed by atoms with Gasteiger partial charge in [-0.05, 0) is 56.5 Å². The molecule has 0 unspecified atom stereocenters.